The van der Waals surface area contributed by atoms with Gasteiger partial charge in [0, 0.05) is 5.56 Å². The Morgan fingerprint density at radius 1 is 1.28 bits per heavy atom. The van der Waals surface area contributed by atoms with E-state index in [4.69, 9.17) is 5.73 Å². The van der Waals surface area contributed by atoms with Gasteiger partial charge in [0.15, 0.2) is 5.78 Å². The summed E-state index contributed by atoms with van der Waals surface area (Å²) in [6.07, 6.45) is 0.730. The van der Waals surface area contributed by atoms with Crippen LogP contribution in [0.15, 0.2) is 18.2 Å². The third-order valence-corrected chi connectivity index (χ3v) is 3.95. The molecule has 0 saturated heterocycles. The molecule has 98 valence electrons. The lowest BCUT2D eigenvalue weighted by Crippen LogP contribution is -2.43. The summed E-state index contributed by atoms with van der Waals surface area (Å²) in [6.45, 7) is 10.8. The zero-order valence-corrected chi connectivity index (χ0v) is 12.0. The number of hydrogen-bond donors (Lipinski definition) is 1. The van der Waals surface area contributed by atoms with E-state index in [2.05, 4.69) is 46.8 Å². The van der Waals surface area contributed by atoms with Crippen LogP contribution < -0.4 is 5.73 Å². The second-order valence-electron chi connectivity index (χ2n) is 7.07. The van der Waals surface area contributed by atoms with E-state index < -0.39 is 0 Å². The van der Waals surface area contributed by atoms with Crippen LogP contribution in [0.5, 0.6) is 0 Å². The Labute approximate surface area is 110 Å². The molecule has 18 heavy (non-hydrogen) atoms. The van der Waals surface area contributed by atoms with Gasteiger partial charge in [0.1, 0.15) is 0 Å². The monoisotopic (exact) mass is 245 g/mol. The molecule has 0 aliphatic heterocycles. The summed E-state index contributed by atoms with van der Waals surface area (Å²) < 4.78 is 0. The number of benzene rings is 1. The summed E-state index contributed by atoms with van der Waals surface area (Å²) in [7, 11) is 0. The fourth-order valence-corrected chi connectivity index (χ4v) is 2.76. The molecule has 1 aromatic carbocycles. The van der Waals surface area contributed by atoms with Gasteiger partial charge in [-0.05, 0) is 34.4 Å². The third kappa shape index (κ3) is 2.10. The number of hydrogen-bond acceptors (Lipinski definition) is 2. The Morgan fingerprint density at radius 2 is 1.89 bits per heavy atom. The maximum absolute atomic E-state index is 12.3. The molecule has 0 amide bonds. The molecule has 1 atom stereocenters. The van der Waals surface area contributed by atoms with Gasteiger partial charge in [-0.2, -0.15) is 0 Å². The minimum Gasteiger partial charge on any atom is -0.321 e. The summed E-state index contributed by atoms with van der Waals surface area (Å²) in [6, 6.07) is 5.94. The van der Waals surface area contributed by atoms with Crippen molar-refractivity contribution in [3.05, 3.63) is 34.9 Å². The standard InChI is InChI=1S/C16H23NO/c1-15(2,3)10-6-7-12-11(8-10)14(18)13(17)9-16(12,4)5/h6-8,13H,9,17H2,1-5H3. The Kier molecular flexibility index (Phi) is 2.90. The van der Waals surface area contributed by atoms with E-state index in [0.29, 0.717) is 0 Å². The van der Waals surface area contributed by atoms with E-state index in [0.717, 1.165) is 17.5 Å². The SMILES string of the molecule is CC(C)(C)c1ccc2c(c1)C(=O)C(N)CC2(C)C. The molecule has 0 heterocycles. The molecule has 1 aromatic rings. The van der Waals surface area contributed by atoms with Gasteiger partial charge in [0.25, 0.3) is 0 Å². The van der Waals surface area contributed by atoms with E-state index >= 15 is 0 Å². The van der Waals surface area contributed by atoms with E-state index in [9.17, 15) is 4.79 Å². The van der Waals surface area contributed by atoms with E-state index in [1.165, 1.54) is 5.56 Å². The average Bonchev–Trinajstić information content (AvgIpc) is 2.24. The predicted molar refractivity (Wildman–Crippen MR) is 75.1 cm³/mol. The van der Waals surface area contributed by atoms with Gasteiger partial charge in [-0.1, -0.05) is 46.8 Å². The average molecular weight is 245 g/mol. The van der Waals surface area contributed by atoms with Crippen molar-refractivity contribution in [2.45, 2.75) is 57.9 Å². The van der Waals surface area contributed by atoms with Gasteiger partial charge in [-0.25, -0.2) is 0 Å². The molecule has 2 nitrogen and oxygen atoms in total. The number of carbonyl (C=O) groups excluding carboxylic acids is 1. The van der Waals surface area contributed by atoms with Crippen LogP contribution in [-0.4, -0.2) is 11.8 Å². The van der Waals surface area contributed by atoms with Crippen LogP contribution in [0.25, 0.3) is 0 Å². The first-order chi connectivity index (χ1) is 8.13. The molecule has 2 N–H and O–H groups in total. The normalized spacial score (nSPS) is 22.8. The number of nitrogens with two attached hydrogens (primary N) is 1. The first-order valence-electron chi connectivity index (χ1n) is 6.58. The second-order valence-corrected chi connectivity index (χ2v) is 7.07. The molecule has 0 spiro atoms. The van der Waals surface area contributed by atoms with Crippen molar-refractivity contribution in [1.29, 1.82) is 0 Å². The summed E-state index contributed by atoms with van der Waals surface area (Å²) in [5, 5.41) is 0. The highest BCUT2D eigenvalue weighted by molar-refractivity contribution is 6.03. The maximum Gasteiger partial charge on any atom is 0.179 e. The number of fused-ring (bicyclic) bond motifs is 1. The summed E-state index contributed by atoms with van der Waals surface area (Å²) in [5.74, 6) is 0.0930. The third-order valence-electron chi connectivity index (χ3n) is 3.95. The number of ketones is 1. The molecule has 2 rings (SSSR count). The molecule has 0 bridgehead atoms. The van der Waals surface area contributed by atoms with Gasteiger partial charge < -0.3 is 5.73 Å². The predicted octanol–water partition coefficient (Wildman–Crippen LogP) is 3.18. The first-order valence-corrected chi connectivity index (χ1v) is 6.58. The summed E-state index contributed by atoms with van der Waals surface area (Å²) in [5.41, 5.74) is 9.18. The zero-order valence-electron chi connectivity index (χ0n) is 12.0. The highest BCUT2D eigenvalue weighted by atomic mass is 16.1. The quantitative estimate of drug-likeness (QED) is 0.763. The molecule has 0 radical (unpaired) electrons. The second kappa shape index (κ2) is 3.92. The molecule has 0 saturated carbocycles. The van der Waals surface area contributed by atoms with Crippen LogP contribution in [0.3, 0.4) is 0 Å². The van der Waals surface area contributed by atoms with Crippen molar-refractivity contribution in [2.75, 3.05) is 0 Å². The molecule has 0 aromatic heterocycles. The van der Waals surface area contributed by atoms with Crippen LogP contribution in [-0.2, 0) is 10.8 Å². The van der Waals surface area contributed by atoms with Crippen molar-refractivity contribution in [2.24, 2.45) is 5.73 Å². The fourth-order valence-electron chi connectivity index (χ4n) is 2.76. The number of carbonyl (C=O) groups is 1. The largest absolute Gasteiger partial charge is 0.321 e. The Bertz CT molecular complexity index is 494. The van der Waals surface area contributed by atoms with Crippen LogP contribution >= 0.6 is 0 Å². The van der Waals surface area contributed by atoms with Crippen molar-refractivity contribution in [3.8, 4) is 0 Å². The maximum atomic E-state index is 12.3. The lowest BCUT2D eigenvalue weighted by Gasteiger charge is -2.36. The zero-order chi connectivity index (χ0) is 13.7. The lowest BCUT2D eigenvalue weighted by atomic mass is 9.69. The number of Topliss-reactive ketones (excluding diaryl/α,β-unsaturated/α-hetero) is 1. The van der Waals surface area contributed by atoms with Gasteiger partial charge >= 0.3 is 0 Å². The van der Waals surface area contributed by atoms with Gasteiger partial charge in [-0.15, -0.1) is 0 Å². The van der Waals surface area contributed by atoms with Crippen molar-refractivity contribution >= 4 is 5.78 Å². The highest BCUT2D eigenvalue weighted by Crippen LogP contribution is 2.38. The van der Waals surface area contributed by atoms with Gasteiger partial charge in [0.05, 0.1) is 6.04 Å². The Hall–Kier alpha value is -1.15. The van der Waals surface area contributed by atoms with Crippen LogP contribution in [0.1, 0.15) is 62.5 Å². The fraction of sp³-hybridized carbons (Fsp3) is 0.562. The number of rotatable bonds is 0. The van der Waals surface area contributed by atoms with Crippen molar-refractivity contribution in [1.82, 2.24) is 0 Å². The molecule has 1 aliphatic carbocycles. The van der Waals surface area contributed by atoms with Crippen molar-refractivity contribution in [3.63, 3.8) is 0 Å². The molecule has 2 heteroatoms. The van der Waals surface area contributed by atoms with Crippen LogP contribution in [0, 0.1) is 0 Å². The minimum absolute atomic E-state index is 0.0148. The van der Waals surface area contributed by atoms with Gasteiger partial charge in [0.2, 0.25) is 0 Å². The van der Waals surface area contributed by atoms with Crippen LogP contribution in [0.2, 0.25) is 0 Å². The van der Waals surface area contributed by atoms with Crippen molar-refractivity contribution < 1.29 is 4.79 Å². The molecule has 0 fully saturated rings. The topological polar surface area (TPSA) is 43.1 Å². The van der Waals surface area contributed by atoms with E-state index in [1.54, 1.807) is 0 Å². The molecular formula is C16H23NO. The smallest absolute Gasteiger partial charge is 0.179 e. The molecule has 1 unspecified atom stereocenters. The Morgan fingerprint density at radius 3 is 2.44 bits per heavy atom. The minimum atomic E-state index is -0.359. The molecular weight excluding hydrogens is 222 g/mol. The summed E-state index contributed by atoms with van der Waals surface area (Å²) in [4.78, 5) is 12.3. The first kappa shape index (κ1) is 13.3. The van der Waals surface area contributed by atoms with Gasteiger partial charge in [-0.3, -0.25) is 4.79 Å². The summed E-state index contributed by atoms with van der Waals surface area (Å²) >= 11 is 0. The highest BCUT2D eigenvalue weighted by Gasteiger charge is 2.37. The molecule has 1 aliphatic rings. The Balaban J connectivity index is 2.61. The van der Waals surface area contributed by atoms with E-state index in [1.807, 2.05) is 6.07 Å². The lowest BCUT2D eigenvalue weighted by molar-refractivity contribution is 0.0929. The van der Waals surface area contributed by atoms with E-state index in [-0.39, 0.29) is 22.7 Å². The van der Waals surface area contributed by atoms with Crippen LogP contribution in [0.4, 0.5) is 0 Å².